The summed E-state index contributed by atoms with van der Waals surface area (Å²) in [5.41, 5.74) is 6.75. The van der Waals surface area contributed by atoms with Crippen LogP contribution in [0, 0.1) is 0 Å². The Hall–Kier alpha value is -1.06. The zero-order valence-corrected chi connectivity index (χ0v) is 11.2. The molecule has 0 fully saturated rings. The van der Waals surface area contributed by atoms with Crippen molar-refractivity contribution in [2.24, 2.45) is 5.73 Å². The van der Waals surface area contributed by atoms with Gasteiger partial charge in [0.15, 0.2) is 0 Å². The van der Waals surface area contributed by atoms with Crippen LogP contribution in [0.5, 0.6) is 0 Å². The Morgan fingerprint density at radius 3 is 2.41 bits per heavy atom. The Bertz CT molecular complexity index is 327. The molecule has 4 heteroatoms. The summed E-state index contributed by atoms with van der Waals surface area (Å²) in [6, 6.07) is 9.78. The van der Waals surface area contributed by atoms with Crippen LogP contribution in [0.2, 0.25) is 0 Å². The molecule has 1 amide bonds. The second kappa shape index (κ2) is 8.09. The fraction of sp³-hybridized carbons (Fsp3) is 0.462. The number of hydrogen-bond acceptors (Lipinski definition) is 2. The fourth-order valence-electron chi connectivity index (χ4n) is 1.61. The van der Waals surface area contributed by atoms with E-state index in [4.69, 9.17) is 5.73 Å². The lowest BCUT2D eigenvalue weighted by Crippen LogP contribution is -2.40. The summed E-state index contributed by atoms with van der Waals surface area (Å²) in [6.45, 7) is 4.47. The van der Waals surface area contributed by atoms with Gasteiger partial charge in [-0.05, 0) is 18.9 Å². The third-order valence-electron chi connectivity index (χ3n) is 2.70. The van der Waals surface area contributed by atoms with Crippen LogP contribution in [-0.4, -0.2) is 18.5 Å². The zero-order chi connectivity index (χ0) is 12.0. The number of hydrogen-bond donors (Lipinski definition) is 2. The SMILES string of the molecule is CCC(CNC(=O)C(C)N)c1ccccc1.Cl. The second-order valence-electron chi connectivity index (χ2n) is 4.05. The first-order valence-electron chi connectivity index (χ1n) is 5.73. The summed E-state index contributed by atoms with van der Waals surface area (Å²) in [5.74, 6) is 0.276. The maximum absolute atomic E-state index is 11.4. The molecule has 1 rings (SSSR count). The molecule has 0 aromatic heterocycles. The van der Waals surface area contributed by atoms with Gasteiger partial charge in [0.1, 0.15) is 0 Å². The lowest BCUT2D eigenvalue weighted by atomic mass is 9.96. The van der Waals surface area contributed by atoms with Gasteiger partial charge in [-0.25, -0.2) is 0 Å². The molecule has 0 saturated heterocycles. The molecule has 1 aromatic rings. The third-order valence-corrected chi connectivity index (χ3v) is 2.70. The van der Waals surface area contributed by atoms with Crippen molar-refractivity contribution < 1.29 is 4.79 Å². The minimum Gasteiger partial charge on any atom is -0.354 e. The molecule has 0 bridgehead atoms. The Morgan fingerprint density at radius 2 is 1.94 bits per heavy atom. The maximum atomic E-state index is 11.4. The Labute approximate surface area is 109 Å². The first kappa shape index (κ1) is 15.9. The van der Waals surface area contributed by atoms with E-state index >= 15 is 0 Å². The maximum Gasteiger partial charge on any atom is 0.236 e. The lowest BCUT2D eigenvalue weighted by Gasteiger charge is -2.17. The third kappa shape index (κ3) is 5.20. The van der Waals surface area contributed by atoms with Crippen molar-refractivity contribution in [1.82, 2.24) is 5.32 Å². The molecule has 3 N–H and O–H groups in total. The van der Waals surface area contributed by atoms with Gasteiger partial charge >= 0.3 is 0 Å². The van der Waals surface area contributed by atoms with Crippen LogP contribution in [0.15, 0.2) is 30.3 Å². The quantitative estimate of drug-likeness (QED) is 0.847. The fourth-order valence-corrected chi connectivity index (χ4v) is 1.61. The van der Waals surface area contributed by atoms with E-state index in [1.54, 1.807) is 6.92 Å². The molecule has 0 aliphatic rings. The number of nitrogens with two attached hydrogens (primary N) is 1. The van der Waals surface area contributed by atoms with Crippen LogP contribution < -0.4 is 11.1 Å². The highest BCUT2D eigenvalue weighted by atomic mass is 35.5. The van der Waals surface area contributed by atoms with E-state index < -0.39 is 6.04 Å². The Morgan fingerprint density at radius 1 is 1.35 bits per heavy atom. The molecule has 0 aliphatic heterocycles. The number of benzene rings is 1. The topological polar surface area (TPSA) is 55.1 Å². The van der Waals surface area contributed by atoms with Gasteiger partial charge in [0.05, 0.1) is 6.04 Å². The van der Waals surface area contributed by atoms with Gasteiger partial charge in [-0.3, -0.25) is 4.79 Å². The molecular formula is C13H21ClN2O. The van der Waals surface area contributed by atoms with Gasteiger partial charge in [0.2, 0.25) is 5.91 Å². The van der Waals surface area contributed by atoms with Gasteiger partial charge in [-0.2, -0.15) is 0 Å². The van der Waals surface area contributed by atoms with Gasteiger partial charge in [0, 0.05) is 12.5 Å². The lowest BCUT2D eigenvalue weighted by molar-refractivity contribution is -0.122. The van der Waals surface area contributed by atoms with Crippen molar-refractivity contribution in [2.45, 2.75) is 32.2 Å². The number of carbonyl (C=O) groups excluding carboxylic acids is 1. The summed E-state index contributed by atoms with van der Waals surface area (Å²) in [7, 11) is 0. The van der Waals surface area contributed by atoms with E-state index in [2.05, 4.69) is 24.4 Å². The summed E-state index contributed by atoms with van der Waals surface area (Å²) < 4.78 is 0. The van der Waals surface area contributed by atoms with Crippen molar-refractivity contribution in [3.8, 4) is 0 Å². The highest BCUT2D eigenvalue weighted by molar-refractivity contribution is 5.85. The number of carbonyl (C=O) groups is 1. The average molecular weight is 257 g/mol. The highest BCUT2D eigenvalue weighted by Gasteiger charge is 2.12. The first-order valence-corrected chi connectivity index (χ1v) is 5.73. The van der Waals surface area contributed by atoms with Crippen LogP contribution in [0.3, 0.4) is 0 Å². The summed E-state index contributed by atoms with van der Waals surface area (Å²) in [5, 5.41) is 2.87. The van der Waals surface area contributed by atoms with Gasteiger partial charge in [-0.1, -0.05) is 37.3 Å². The Kier molecular flexibility index (Phi) is 7.59. The predicted octanol–water partition coefficient (Wildman–Crippen LogP) is 2.07. The zero-order valence-electron chi connectivity index (χ0n) is 10.3. The number of rotatable bonds is 5. The Balaban J connectivity index is 0.00000256. The molecule has 2 atom stereocenters. The summed E-state index contributed by atoms with van der Waals surface area (Å²) >= 11 is 0. The molecule has 3 nitrogen and oxygen atoms in total. The van der Waals surface area contributed by atoms with E-state index in [-0.39, 0.29) is 18.3 Å². The average Bonchev–Trinajstić information content (AvgIpc) is 2.30. The van der Waals surface area contributed by atoms with Crippen molar-refractivity contribution in [2.75, 3.05) is 6.54 Å². The van der Waals surface area contributed by atoms with Gasteiger partial charge in [0.25, 0.3) is 0 Å². The number of nitrogens with one attached hydrogen (secondary N) is 1. The number of halogens is 1. The van der Waals surface area contributed by atoms with Gasteiger partial charge < -0.3 is 11.1 Å². The molecule has 0 spiro atoms. The summed E-state index contributed by atoms with van der Waals surface area (Å²) in [4.78, 5) is 11.4. The summed E-state index contributed by atoms with van der Waals surface area (Å²) in [6.07, 6.45) is 1.00. The van der Waals surface area contributed by atoms with Crippen molar-refractivity contribution >= 4 is 18.3 Å². The van der Waals surface area contributed by atoms with Crippen LogP contribution in [-0.2, 0) is 4.79 Å². The van der Waals surface area contributed by atoms with Crippen LogP contribution in [0.1, 0.15) is 31.7 Å². The molecule has 2 unspecified atom stereocenters. The molecule has 0 saturated carbocycles. The van der Waals surface area contributed by atoms with Crippen LogP contribution in [0.25, 0.3) is 0 Å². The van der Waals surface area contributed by atoms with E-state index in [0.29, 0.717) is 12.5 Å². The van der Waals surface area contributed by atoms with E-state index in [0.717, 1.165) is 6.42 Å². The first-order chi connectivity index (χ1) is 7.65. The molecule has 0 aliphatic carbocycles. The molecular weight excluding hydrogens is 236 g/mol. The highest BCUT2D eigenvalue weighted by Crippen LogP contribution is 2.17. The minimum atomic E-state index is -0.437. The van der Waals surface area contributed by atoms with E-state index in [9.17, 15) is 4.79 Å². The van der Waals surface area contributed by atoms with Crippen molar-refractivity contribution in [1.29, 1.82) is 0 Å². The smallest absolute Gasteiger partial charge is 0.236 e. The second-order valence-corrected chi connectivity index (χ2v) is 4.05. The predicted molar refractivity (Wildman–Crippen MR) is 73.4 cm³/mol. The normalized spacial score (nSPS) is 13.4. The van der Waals surface area contributed by atoms with E-state index in [1.165, 1.54) is 5.56 Å². The standard InChI is InChI=1S/C13H20N2O.ClH/c1-3-11(9-15-13(16)10(2)14)12-7-5-4-6-8-12;/h4-8,10-11H,3,9,14H2,1-2H3,(H,15,16);1H. The largest absolute Gasteiger partial charge is 0.354 e. The molecule has 17 heavy (non-hydrogen) atoms. The van der Waals surface area contributed by atoms with Gasteiger partial charge in [-0.15, -0.1) is 12.4 Å². The number of amides is 1. The van der Waals surface area contributed by atoms with Crippen molar-refractivity contribution in [3.05, 3.63) is 35.9 Å². The van der Waals surface area contributed by atoms with E-state index in [1.807, 2.05) is 18.2 Å². The minimum absolute atomic E-state index is 0. The van der Waals surface area contributed by atoms with Crippen molar-refractivity contribution in [3.63, 3.8) is 0 Å². The monoisotopic (exact) mass is 256 g/mol. The molecule has 1 aromatic carbocycles. The molecule has 0 heterocycles. The van der Waals surface area contributed by atoms with Crippen LogP contribution in [0.4, 0.5) is 0 Å². The molecule has 0 radical (unpaired) electrons. The molecule has 96 valence electrons. The van der Waals surface area contributed by atoms with Crippen LogP contribution >= 0.6 is 12.4 Å².